The Hall–Kier alpha value is -2.13. The molecule has 3 nitrogen and oxygen atoms in total. The molecule has 142 valence electrons. The summed E-state index contributed by atoms with van der Waals surface area (Å²) < 4.78 is 0. The number of hydrogen-bond acceptors (Lipinski definition) is 2. The van der Waals surface area contributed by atoms with Crippen LogP contribution in [-0.2, 0) is 5.41 Å². The Kier molecular flexibility index (Phi) is 4.38. The van der Waals surface area contributed by atoms with E-state index in [0.29, 0.717) is 5.92 Å². The second-order valence-electron chi connectivity index (χ2n) is 9.29. The second-order valence-corrected chi connectivity index (χ2v) is 9.29. The predicted molar refractivity (Wildman–Crippen MR) is 112 cm³/mol. The normalized spacial score (nSPS) is 22.5. The van der Waals surface area contributed by atoms with Crippen molar-refractivity contribution in [1.29, 1.82) is 0 Å². The van der Waals surface area contributed by atoms with Gasteiger partial charge in [0.2, 0.25) is 0 Å². The number of carbonyl (C=O) groups excluding carboxylic acids is 1. The molecule has 1 fully saturated rings. The molecular formula is C24H30N2O. The average Bonchev–Trinajstić information content (AvgIpc) is 2.93. The molecule has 2 aromatic carbocycles. The van der Waals surface area contributed by atoms with Crippen LogP contribution in [0.4, 0.5) is 5.69 Å². The number of nitrogens with zero attached hydrogens (tertiary/aromatic N) is 2. The monoisotopic (exact) mass is 362 g/mol. The third-order valence-corrected chi connectivity index (χ3v) is 6.17. The molecular weight excluding hydrogens is 332 g/mol. The molecule has 27 heavy (non-hydrogen) atoms. The third-order valence-electron chi connectivity index (χ3n) is 6.17. The van der Waals surface area contributed by atoms with Gasteiger partial charge in [-0.15, -0.1) is 0 Å². The highest BCUT2D eigenvalue weighted by Crippen LogP contribution is 2.45. The minimum absolute atomic E-state index is 0.0956. The van der Waals surface area contributed by atoms with Gasteiger partial charge in [-0.05, 0) is 61.7 Å². The van der Waals surface area contributed by atoms with Gasteiger partial charge in [-0.1, -0.05) is 50.6 Å². The molecule has 2 aliphatic heterocycles. The summed E-state index contributed by atoms with van der Waals surface area (Å²) in [5.41, 5.74) is 5.85. The maximum absolute atomic E-state index is 13.5. The van der Waals surface area contributed by atoms with E-state index in [4.69, 9.17) is 0 Å². The molecule has 0 N–H and O–H groups in total. The summed E-state index contributed by atoms with van der Waals surface area (Å²) in [6.45, 7) is 10.8. The minimum Gasteiger partial charge on any atom is -0.306 e. The number of amides is 1. The SMILES string of the molecule is Cc1ccc2c(c1)[C@H]1CN(C)CC[C@@H]1N2C(=O)c1ccc(C(C)(C)C)cc1. The molecule has 1 amide bonds. The first-order valence-electron chi connectivity index (χ1n) is 9.99. The third kappa shape index (κ3) is 3.19. The van der Waals surface area contributed by atoms with E-state index in [2.05, 4.69) is 74.9 Å². The number of likely N-dealkylation sites (tertiary alicyclic amines) is 1. The Bertz CT molecular complexity index is 863. The Morgan fingerprint density at radius 2 is 1.78 bits per heavy atom. The zero-order valence-electron chi connectivity index (χ0n) is 17.1. The maximum Gasteiger partial charge on any atom is 0.258 e. The molecule has 0 aliphatic carbocycles. The van der Waals surface area contributed by atoms with Gasteiger partial charge in [0.15, 0.2) is 0 Å². The predicted octanol–water partition coefficient (Wildman–Crippen LogP) is 4.74. The molecule has 4 rings (SSSR count). The van der Waals surface area contributed by atoms with E-state index in [1.165, 1.54) is 16.7 Å². The van der Waals surface area contributed by atoms with Crippen molar-refractivity contribution in [2.45, 2.75) is 51.5 Å². The molecule has 3 heteroatoms. The molecule has 0 radical (unpaired) electrons. The van der Waals surface area contributed by atoms with Crippen LogP contribution in [0.15, 0.2) is 42.5 Å². The van der Waals surface area contributed by atoms with Crippen LogP contribution in [0, 0.1) is 6.92 Å². The Morgan fingerprint density at radius 1 is 1.07 bits per heavy atom. The zero-order chi connectivity index (χ0) is 19.3. The van der Waals surface area contributed by atoms with Crippen molar-refractivity contribution in [3.05, 3.63) is 64.7 Å². The first-order chi connectivity index (χ1) is 12.8. The fourth-order valence-electron chi connectivity index (χ4n) is 4.60. The Labute approximate surface area is 163 Å². The molecule has 0 spiro atoms. The highest BCUT2D eigenvalue weighted by atomic mass is 16.2. The van der Waals surface area contributed by atoms with Gasteiger partial charge < -0.3 is 9.80 Å². The van der Waals surface area contributed by atoms with Crippen LogP contribution in [-0.4, -0.2) is 37.0 Å². The quantitative estimate of drug-likeness (QED) is 0.731. The molecule has 2 aliphatic rings. The van der Waals surface area contributed by atoms with Crippen molar-refractivity contribution in [3.63, 3.8) is 0 Å². The minimum atomic E-state index is 0.0956. The van der Waals surface area contributed by atoms with Gasteiger partial charge in [-0.3, -0.25) is 4.79 Å². The highest BCUT2D eigenvalue weighted by Gasteiger charge is 2.44. The van der Waals surface area contributed by atoms with Crippen molar-refractivity contribution in [3.8, 4) is 0 Å². The largest absolute Gasteiger partial charge is 0.306 e. The van der Waals surface area contributed by atoms with E-state index < -0.39 is 0 Å². The van der Waals surface area contributed by atoms with E-state index >= 15 is 0 Å². The lowest BCUT2D eigenvalue weighted by molar-refractivity contribution is 0.0964. The van der Waals surface area contributed by atoms with Gasteiger partial charge in [0.05, 0.1) is 0 Å². The number of anilines is 1. The summed E-state index contributed by atoms with van der Waals surface area (Å²) in [6, 6.07) is 15.0. The van der Waals surface area contributed by atoms with Crippen molar-refractivity contribution in [2.75, 3.05) is 25.0 Å². The molecule has 0 bridgehead atoms. The van der Waals surface area contributed by atoms with Gasteiger partial charge in [-0.25, -0.2) is 0 Å². The molecule has 2 aromatic rings. The molecule has 1 saturated heterocycles. The van der Waals surface area contributed by atoms with Gasteiger partial charge in [0.25, 0.3) is 5.91 Å². The fraction of sp³-hybridized carbons (Fsp3) is 0.458. The number of hydrogen-bond donors (Lipinski definition) is 0. The average molecular weight is 363 g/mol. The number of rotatable bonds is 1. The van der Waals surface area contributed by atoms with E-state index in [1.807, 2.05) is 12.1 Å². The van der Waals surface area contributed by atoms with Crippen molar-refractivity contribution in [2.24, 2.45) is 0 Å². The van der Waals surface area contributed by atoms with Crippen molar-refractivity contribution in [1.82, 2.24) is 4.90 Å². The summed E-state index contributed by atoms with van der Waals surface area (Å²) in [7, 11) is 2.18. The number of benzene rings is 2. The smallest absolute Gasteiger partial charge is 0.258 e. The highest BCUT2D eigenvalue weighted by molar-refractivity contribution is 6.08. The van der Waals surface area contributed by atoms with E-state index in [0.717, 1.165) is 30.8 Å². The van der Waals surface area contributed by atoms with Crippen molar-refractivity contribution < 1.29 is 4.79 Å². The molecule has 0 unspecified atom stereocenters. The van der Waals surface area contributed by atoms with Gasteiger partial charge in [0.1, 0.15) is 0 Å². The van der Waals surface area contributed by atoms with Gasteiger partial charge >= 0.3 is 0 Å². The van der Waals surface area contributed by atoms with Crippen LogP contribution in [0.3, 0.4) is 0 Å². The first kappa shape index (κ1) is 18.2. The fourth-order valence-corrected chi connectivity index (χ4v) is 4.60. The van der Waals surface area contributed by atoms with Crippen LogP contribution >= 0.6 is 0 Å². The number of likely N-dealkylation sites (N-methyl/N-ethyl adjacent to an activating group) is 1. The molecule has 0 saturated carbocycles. The van der Waals surface area contributed by atoms with Gasteiger partial charge in [0, 0.05) is 29.8 Å². The lowest BCUT2D eigenvalue weighted by Crippen LogP contribution is -2.47. The van der Waals surface area contributed by atoms with Crippen LogP contribution in [0.5, 0.6) is 0 Å². The van der Waals surface area contributed by atoms with Crippen LogP contribution < -0.4 is 4.90 Å². The standard InChI is InChI=1S/C24H30N2O/c1-16-6-11-21-19(14-16)20-15-25(5)13-12-22(20)26(21)23(27)17-7-9-18(10-8-17)24(2,3)4/h6-11,14,20,22H,12-13,15H2,1-5H3/t20-,22+/m1/s1. The Balaban J connectivity index is 1.71. The number of piperidine rings is 1. The lowest BCUT2D eigenvalue weighted by atomic mass is 9.86. The summed E-state index contributed by atoms with van der Waals surface area (Å²) in [5, 5.41) is 0. The van der Waals surface area contributed by atoms with E-state index in [-0.39, 0.29) is 17.4 Å². The first-order valence-corrected chi connectivity index (χ1v) is 9.99. The lowest BCUT2D eigenvalue weighted by Gasteiger charge is -2.36. The number of aryl methyl sites for hydroxylation is 1. The maximum atomic E-state index is 13.5. The van der Waals surface area contributed by atoms with E-state index in [1.54, 1.807) is 0 Å². The van der Waals surface area contributed by atoms with Gasteiger partial charge in [-0.2, -0.15) is 0 Å². The van der Waals surface area contributed by atoms with Crippen LogP contribution in [0.2, 0.25) is 0 Å². The summed E-state index contributed by atoms with van der Waals surface area (Å²) in [5.74, 6) is 0.550. The van der Waals surface area contributed by atoms with E-state index in [9.17, 15) is 4.79 Å². The summed E-state index contributed by atoms with van der Waals surface area (Å²) in [4.78, 5) is 18.0. The second kappa shape index (κ2) is 6.49. The van der Waals surface area contributed by atoms with Crippen molar-refractivity contribution >= 4 is 11.6 Å². The topological polar surface area (TPSA) is 23.6 Å². The molecule has 0 aromatic heterocycles. The molecule has 2 atom stereocenters. The summed E-state index contributed by atoms with van der Waals surface area (Å²) >= 11 is 0. The Morgan fingerprint density at radius 3 is 2.44 bits per heavy atom. The number of carbonyl (C=O) groups is 1. The summed E-state index contributed by atoms with van der Waals surface area (Å²) in [6.07, 6.45) is 1.03. The molecule has 2 heterocycles. The van der Waals surface area contributed by atoms with Crippen LogP contribution in [0.1, 0.15) is 60.2 Å². The zero-order valence-corrected chi connectivity index (χ0v) is 17.1. The van der Waals surface area contributed by atoms with Crippen LogP contribution in [0.25, 0.3) is 0 Å². The number of fused-ring (bicyclic) bond motifs is 3.